The van der Waals surface area contributed by atoms with Crippen molar-refractivity contribution in [2.45, 2.75) is 79.1 Å². The van der Waals surface area contributed by atoms with E-state index in [-0.39, 0.29) is 0 Å². The summed E-state index contributed by atoms with van der Waals surface area (Å²) in [6, 6.07) is 3.64. The van der Waals surface area contributed by atoms with Gasteiger partial charge in [-0.1, -0.05) is 20.8 Å². The van der Waals surface area contributed by atoms with Crippen molar-refractivity contribution in [1.29, 1.82) is 0 Å². The van der Waals surface area contributed by atoms with Crippen molar-refractivity contribution in [3.8, 4) is 0 Å². The molecule has 1 fully saturated rings. The highest BCUT2D eigenvalue weighted by Crippen LogP contribution is 2.28. The predicted octanol–water partition coefficient (Wildman–Crippen LogP) is 4.10. The Morgan fingerprint density at radius 1 is 1.38 bits per heavy atom. The summed E-state index contributed by atoms with van der Waals surface area (Å²) in [5.41, 5.74) is 1.28. The largest absolute Gasteiger partial charge is 0.463 e. The zero-order valence-corrected chi connectivity index (χ0v) is 14.4. The van der Waals surface area contributed by atoms with Gasteiger partial charge in [0.05, 0.1) is 13.1 Å². The predicted molar refractivity (Wildman–Crippen MR) is 88.3 cm³/mol. The van der Waals surface area contributed by atoms with Crippen LogP contribution in [0.1, 0.15) is 64.0 Å². The van der Waals surface area contributed by atoms with Gasteiger partial charge in [-0.15, -0.1) is 0 Å². The van der Waals surface area contributed by atoms with Gasteiger partial charge in [-0.3, -0.25) is 4.90 Å². The highest BCUT2D eigenvalue weighted by Gasteiger charge is 2.29. The maximum Gasteiger partial charge on any atom is 0.120 e. The molecule has 1 aliphatic heterocycles. The summed E-state index contributed by atoms with van der Waals surface area (Å²) in [5, 5.41) is 3.47. The fourth-order valence-electron chi connectivity index (χ4n) is 3.35. The van der Waals surface area contributed by atoms with E-state index in [1.807, 2.05) is 0 Å². The molecule has 2 unspecified atom stereocenters. The Morgan fingerprint density at radius 3 is 2.81 bits per heavy atom. The second kappa shape index (κ2) is 7.46. The second-order valence-electron chi connectivity index (χ2n) is 7.00. The lowest BCUT2D eigenvalue weighted by molar-refractivity contribution is 0.173. The summed E-state index contributed by atoms with van der Waals surface area (Å²) in [4.78, 5) is 2.61. The monoisotopic (exact) mass is 292 g/mol. The third-order valence-corrected chi connectivity index (χ3v) is 4.67. The third-order valence-electron chi connectivity index (χ3n) is 4.67. The lowest BCUT2D eigenvalue weighted by Crippen LogP contribution is -2.33. The van der Waals surface area contributed by atoms with E-state index in [0.29, 0.717) is 12.0 Å². The van der Waals surface area contributed by atoms with Gasteiger partial charge < -0.3 is 9.73 Å². The Morgan fingerprint density at radius 2 is 2.14 bits per heavy atom. The molecule has 2 atom stereocenters. The van der Waals surface area contributed by atoms with Gasteiger partial charge in [0, 0.05) is 12.1 Å². The van der Waals surface area contributed by atoms with Gasteiger partial charge in [0.15, 0.2) is 0 Å². The molecule has 2 rings (SSSR count). The van der Waals surface area contributed by atoms with Crippen molar-refractivity contribution >= 4 is 0 Å². The lowest BCUT2D eigenvalue weighted by atomic mass is 10.1. The minimum Gasteiger partial charge on any atom is -0.463 e. The van der Waals surface area contributed by atoms with Gasteiger partial charge >= 0.3 is 0 Å². The molecule has 1 saturated heterocycles. The Bertz CT molecular complexity index is 438. The summed E-state index contributed by atoms with van der Waals surface area (Å²) in [6.07, 6.45) is 3.90. The van der Waals surface area contributed by atoms with Crippen molar-refractivity contribution < 1.29 is 4.42 Å². The molecule has 1 N–H and O–H groups in total. The van der Waals surface area contributed by atoms with Crippen LogP contribution in [0.3, 0.4) is 0 Å². The Labute approximate surface area is 130 Å². The van der Waals surface area contributed by atoms with Crippen molar-refractivity contribution in [3.05, 3.63) is 23.2 Å². The van der Waals surface area contributed by atoms with Crippen molar-refractivity contribution in [2.24, 2.45) is 5.92 Å². The van der Waals surface area contributed by atoms with Crippen LogP contribution in [-0.2, 0) is 13.1 Å². The van der Waals surface area contributed by atoms with Gasteiger partial charge in [0.25, 0.3) is 0 Å². The standard InChI is InChI=1S/C18H32N2O/c1-6-16-8-7-15(5)20(16)12-17-9-14(4)18(21-17)11-19-10-13(2)3/h9,13,15-16,19H,6-8,10-12H2,1-5H3. The maximum absolute atomic E-state index is 6.10. The molecule has 0 spiro atoms. The van der Waals surface area contributed by atoms with Gasteiger partial charge in [-0.25, -0.2) is 0 Å². The van der Waals surface area contributed by atoms with Gasteiger partial charge in [-0.2, -0.15) is 0 Å². The van der Waals surface area contributed by atoms with E-state index in [9.17, 15) is 0 Å². The molecule has 3 nitrogen and oxygen atoms in total. The van der Waals surface area contributed by atoms with Crippen LogP contribution in [-0.4, -0.2) is 23.5 Å². The quantitative estimate of drug-likeness (QED) is 0.820. The fraction of sp³-hybridized carbons (Fsp3) is 0.778. The molecule has 2 heterocycles. The molecule has 0 radical (unpaired) electrons. The molecule has 0 amide bonds. The zero-order valence-electron chi connectivity index (χ0n) is 14.4. The van der Waals surface area contributed by atoms with Crippen molar-refractivity contribution in [1.82, 2.24) is 10.2 Å². The van der Waals surface area contributed by atoms with E-state index in [0.717, 1.165) is 37.2 Å². The number of likely N-dealkylation sites (tertiary alicyclic amines) is 1. The first-order valence-corrected chi connectivity index (χ1v) is 8.55. The molecule has 0 bridgehead atoms. The van der Waals surface area contributed by atoms with E-state index in [2.05, 4.69) is 50.9 Å². The molecule has 120 valence electrons. The third kappa shape index (κ3) is 4.33. The van der Waals surface area contributed by atoms with Crippen LogP contribution < -0.4 is 5.32 Å². The van der Waals surface area contributed by atoms with E-state index in [1.165, 1.54) is 24.8 Å². The van der Waals surface area contributed by atoms with Crippen LogP contribution in [0, 0.1) is 12.8 Å². The molecular formula is C18H32N2O. The zero-order chi connectivity index (χ0) is 15.4. The van der Waals surface area contributed by atoms with Gasteiger partial charge in [0.2, 0.25) is 0 Å². The number of nitrogens with one attached hydrogen (secondary N) is 1. The SMILES string of the molecule is CCC1CCC(C)N1Cc1cc(C)c(CNCC(C)C)o1. The van der Waals surface area contributed by atoms with Gasteiger partial charge in [0.1, 0.15) is 11.5 Å². The Balaban J connectivity index is 1.95. The van der Waals surface area contributed by atoms with E-state index in [1.54, 1.807) is 0 Å². The summed E-state index contributed by atoms with van der Waals surface area (Å²) in [5.74, 6) is 2.90. The fourth-order valence-corrected chi connectivity index (χ4v) is 3.35. The van der Waals surface area contributed by atoms with E-state index in [4.69, 9.17) is 4.42 Å². The van der Waals surface area contributed by atoms with Crippen LogP contribution in [0.15, 0.2) is 10.5 Å². The summed E-state index contributed by atoms with van der Waals surface area (Å²) in [6.45, 7) is 14.1. The summed E-state index contributed by atoms with van der Waals surface area (Å²) >= 11 is 0. The first kappa shape index (κ1) is 16.6. The number of furan rings is 1. The average molecular weight is 292 g/mol. The van der Waals surface area contributed by atoms with Crippen LogP contribution in [0.5, 0.6) is 0 Å². The highest BCUT2D eigenvalue weighted by atomic mass is 16.3. The Kier molecular flexibility index (Phi) is 5.88. The second-order valence-corrected chi connectivity index (χ2v) is 7.00. The molecule has 1 aliphatic rings. The topological polar surface area (TPSA) is 28.4 Å². The molecular weight excluding hydrogens is 260 g/mol. The number of nitrogens with zero attached hydrogens (tertiary/aromatic N) is 1. The maximum atomic E-state index is 6.10. The number of aryl methyl sites for hydroxylation is 1. The molecule has 0 aromatic carbocycles. The molecule has 0 aliphatic carbocycles. The smallest absolute Gasteiger partial charge is 0.120 e. The van der Waals surface area contributed by atoms with Gasteiger partial charge in [-0.05, 0) is 57.2 Å². The first-order valence-electron chi connectivity index (χ1n) is 8.55. The summed E-state index contributed by atoms with van der Waals surface area (Å²) < 4.78 is 6.10. The lowest BCUT2D eigenvalue weighted by Gasteiger charge is -2.26. The first-order chi connectivity index (χ1) is 10.0. The molecule has 1 aromatic rings. The molecule has 21 heavy (non-hydrogen) atoms. The minimum atomic E-state index is 0.676. The minimum absolute atomic E-state index is 0.676. The summed E-state index contributed by atoms with van der Waals surface area (Å²) in [7, 11) is 0. The van der Waals surface area contributed by atoms with Crippen LogP contribution in [0.2, 0.25) is 0 Å². The average Bonchev–Trinajstić information content (AvgIpc) is 2.94. The van der Waals surface area contributed by atoms with Crippen molar-refractivity contribution in [2.75, 3.05) is 6.54 Å². The normalized spacial score (nSPS) is 23.3. The number of rotatable bonds is 7. The van der Waals surface area contributed by atoms with E-state index < -0.39 is 0 Å². The van der Waals surface area contributed by atoms with Crippen LogP contribution in [0.4, 0.5) is 0 Å². The molecule has 3 heteroatoms. The number of hydrogen-bond acceptors (Lipinski definition) is 3. The van der Waals surface area contributed by atoms with Crippen molar-refractivity contribution in [3.63, 3.8) is 0 Å². The highest BCUT2D eigenvalue weighted by molar-refractivity contribution is 5.20. The van der Waals surface area contributed by atoms with Crippen LogP contribution in [0.25, 0.3) is 0 Å². The Hall–Kier alpha value is -0.800. The number of hydrogen-bond donors (Lipinski definition) is 1. The van der Waals surface area contributed by atoms with E-state index >= 15 is 0 Å². The molecule has 0 saturated carbocycles. The van der Waals surface area contributed by atoms with Crippen LogP contribution >= 0.6 is 0 Å². The molecule has 1 aromatic heterocycles.